The van der Waals surface area contributed by atoms with Gasteiger partial charge in [0, 0.05) is 29.4 Å². The molecule has 3 N–H and O–H groups in total. The predicted molar refractivity (Wildman–Crippen MR) is 112 cm³/mol. The van der Waals surface area contributed by atoms with Crippen LogP contribution in [0.15, 0.2) is 57.9 Å². The van der Waals surface area contributed by atoms with E-state index < -0.39 is 15.9 Å². The summed E-state index contributed by atoms with van der Waals surface area (Å²) in [4.78, 5) is 23.9. The number of urea groups is 1. The molecule has 0 radical (unpaired) electrons. The lowest BCUT2D eigenvalue weighted by atomic mass is 10.2. The van der Waals surface area contributed by atoms with Crippen LogP contribution in [-0.4, -0.2) is 44.8 Å². The summed E-state index contributed by atoms with van der Waals surface area (Å²) >= 11 is 3.25. The van der Waals surface area contributed by atoms with E-state index in [1.807, 2.05) is 0 Å². The second-order valence-electron chi connectivity index (χ2n) is 5.83. The molecule has 28 heavy (non-hydrogen) atoms. The largest absolute Gasteiger partial charge is 0.338 e. The molecule has 0 spiro atoms. The van der Waals surface area contributed by atoms with Crippen molar-refractivity contribution in [3.8, 4) is 0 Å². The van der Waals surface area contributed by atoms with Gasteiger partial charge in [0.05, 0.1) is 11.4 Å². The molecule has 0 saturated heterocycles. The SMILES string of the molecule is CCNC(=O)Nc1cccc(NC(=O)CN(C)S(=O)(=O)c2ccc(Br)cc2)c1. The number of hydrogen-bond acceptors (Lipinski definition) is 4. The Bertz CT molecular complexity index is 948. The zero-order chi connectivity index (χ0) is 20.7. The summed E-state index contributed by atoms with van der Waals surface area (Å²) in [7, 11) is -2.45. The maximum atomic E-state index is 12.5. The number of nitrogens with one attached hydrogen (secondary N) is 3. The van der Waals surface area contributed by atoms with Gasteiger partial charge in [0.2, 0.25) is 15.9 Å². The quantitative estimate of drug-likeness (QED) is 0.580. The van der Waals surface area contributed by atoms with Gasteiger partial charge in [0.1, 0.15) is 0 Å². The standard InChI is InChI=1S/C18H21BrN4O4S/c1-3-20-18(25)22-15-6-4-5-14(11-15)21-17(24)12-23(2)28(26,27)16-9-7-13(19)8-10-16/h4-11H,3,12H2,1-2H3,(H,21,24)(H2,20,22,25). The van der Waals surface area contributed by atoms with Gasteiger partial charge in [-0.25, -0.2) is 13.2 Å². The fraction of sp³-hybridized carbons (Fsp3) is 0.222. The van der Waals surface area contributed by atoms with Gasteiger partial charge in [-0.05, 0) is 49.4 Å². The van der Waals surface area contributed by atoms with Gasteiger partial charge in [-0.3, -0.25) is 4.79 Å². The number of likely N-dealkylation sites (N-methyl/N-ethyl adjacent to an activating group) is 1. The van der Waals surface area contributed by atoms with Gasteiger partial charge in [-0.1, -0.05) is 22.0 Å². The minimum absolute atomic E-state index is 0.0964. The Balaban J connectivity index is 2.01. The van der Waals surface area contributed by atoms with Crippen LogP contribution in [0.4, 0.5) is 16.2 Å². The average Bonchev–Trinajstić information content (AvgIpc) is 2.62. The van der Waals surface area contributed by atoms with E-state index in [0.717, 1.165) is 8.78 Å². The predicted octanol–water partition coefficient (Wildman–Crippen LogP) is 2.85. The minimum atomic E-state index is -3.79. The lowest BCUT2D eigenvalue weighted by Crippen LogP contribution is -2.35. The smallest absolute Gasteiger partial charge is 0.319 e. The van der Waals surface area contributed by atoms with Crippen molar-refractivity contribution in [3.63, 3.8) is 0 Å². The third kappa shape index (κ3) is 6.04. The fourth-order valence-electron chi connectivity index (χ4n) is 2.28. The first kappa shape index (κ1) is 21.9. The van der Waals surface area contributed by atoms with Crippen molar-refractivity contribution in [1.82, 2.24) is 9.62 Å². The van der Waals surface area contributed by atoms with Gasteiger partial charge >= 0.3 is 6.03 Å². The molecular formula is C18H21BrN4O4S. The van der Waals surface area contributed by atoms with E-state index >= 15 is 0 Å². The number of carbonyl (C=O) groups excluding carboxylic acids is 2. The molecule has 8 nitrogen and oxygen atoms in total. The Morgan fingerprint density at radius 1 is 1.04 bits per heavy atom. The maximum Gasteiger partial charge on any atom is 0.319 e. The molecule has 10 heteroatoms. The van der Waals surface area contributed by atoms with E-state index in [1.165, 1.54) is 19.2 Å². The Hall–Kier alpha value is -2.43. The lowest BCUT2D eigenvalue weighted by molar-refractivity contribution is -0.116. The molecule has 0 aliphatic carbocycles. The van der Waals surface area contributed by atoms with E-state index in [2.05, 4.69) is 31.9 Å². The molecule has 0 aromatic heterocycles. The molecule has 0 aliphatic heterocycles. The number of rotatable bonds is 7. The highest BCUT2D eigenvalue weighted by Gasteiger charge is 2.23. The second kappa shape index (κ2) is 9.67. The second-order valence-corrected chi connectivity index (χ2v) is 8.79. The number of benzene rings is 2. The number of amides is 3. The molecule has 2 aromatic rings. The highest BCUT2D eigenvalue weighted by molar-refractivity contribution is 9.10. The van der Waals surface area contributed by atoms with Gasteiger partial charge in [0.25, 0.3) is 0 Å². The maximum absolute atomic E-state index is 12.5. The van der Waals surface area contributed by atoms with Crippen LogP contribution < -0.4 is 16.0 Å². The van der Waals surface area contributed by atoms with E-state index in [-0.39, 0.29) is 17.5 Å². The van der Waals surface area contributed by atoms with Crippen molar-refractivity contribution >= 4 is 49.3 Å². The molecule has 0 unspecified atom stereocenters. The molecule has 150 valence electrons. The van der Waals surface area contributed by atoms with Crippen molar-refractivity contribution < 1.29 is 18.0 Å². The van der Waals surface area contributed by atoms with Crippen molar-refractivity contribution in [2.24, 2.45) is 0 Å². The molecule has 2 rings (SSSR count). The number of hydrogen-bond donors (Lipinski definition) is 3. The zero-order valence-corrected chi connectivity index (χ0v) is 17.8. The van der Waals surface area contributed by atoms with E-state index in [1.54, 1.807) is 43.3 Å². The highest BCUT2D eigenvalue weighted by Crippen LogP contribution is 2.18. The van der Waals surface area contributed by atoms with Gasteiger partial charge in [-0.15, -0.1) is 0 Å². The van der Waals surface area contributed by atoms with Crippen LogP contribution in [-0.2, 0) is 14.8 Å². The van der Waals surface area contributed by atoms with Crippen LogP contribution in [0.3, 0.4) is 0 Å². The summed E-state index contributed by atoms with van der Waals surface area (Å²) in [5.41, 5.74) is 0.938. The van der Waals surface area contributed by atoms with Gasteiger partial charge in [0.15, 0.2) is 0 Å². The average molecular weight is 469 g/mol. The number of halogens is 1. The summed E-state index contributed by atoms with van der Waals surface area (Å²) in [6.45, 7) is 1.93. The minimum Gasteiger partial charge on any atom is -0.338 e. The number of carbonyl (C=O) groups is 2. The fourth-order valence-corrected chi connectivity index (χ4v) is 3.68. The monoisotopic (exact) mass is 468 g/mol. The molecular weight excluding hydrogens is 448 g/mol. The van der Waals surface area contributed by atoms with Crippen molar-refractivity contribution in [2.75, 3.05) is 30.8 Å². The van der Waals surface area contributed by atoms with E-state index in [9.17, 15) is 18.0 Å². The van der Waals surface area contributed by atoms with Crippen molar-refractivity contribution in [1.29, 1.82) is 0 Å². The first-order chi connectivity index (χ1) is 13.2. The van der Waals surface area contributed by atoms with Crippen LogP contribution in [0.5, 0.6) is 0 Å². The Morgan fingerprint density at radius 2 is 1.64 bits per heavy atom. The molecule has 3 amide bonds. The molecule has 0 atom stereocenters. The number of anilines is 2. The summed E-state index contributed by atoms with van der Waals surface area (Å²) in [5, 5.41) is 7.87. The Labute approximate surface area is 172 Å². The molecule has 0 aliphatic rings. The number of nitrogens with zero attached hydrogens (tertiary/aromatic N) is 1. The van der Waals surface area contributed by atoms with Crippen LogP contribution in [0.2, 0.25) is 0 Å². The molecule has 0 saturated carbocycles. The highest BCUT2D eigenvalue weighted by atomic mass is 79.9. The summed E-state index contributed by atoms with van der Waals surface area (Å²) in [6.07, 6.45) is 0. The van der Waals surface area contributed by atoms with Gasteiger partial charge < -0.3 is 16.0 Å². The Kier molecular flexibility index (Phi) is 7.55. The molecule has 0 heterocycles. The van der Waals surface area contributed by atoms with Crippen molar-refractivity contribution in [3.05, 3.63) is 53.0 Å². The lowest BCUT2D eigenvalue weighted by Gasteiger charge is -2.17. The van der Waals surface area contributed by atoms with E-state index in [0.29, 0.717) is 17.9 Å². The first-order valence-corrected chi connectivity index (χ1v) is 10.6. The number of sulfonamides is 1. The van der Waals surface area contributed by atoms with Crippen LogP contribution >= 0.6 is 15.9 Å². The molecule has 2 aromatic carbocycles. The van der Waals surface area contributed by atoms with Crippen LogP contribution in [0, 0.1) is 0 Å². The van der Waals surface area contributed by atoms with Gasteiger partial charge in [-0.2, -0.15) is 4.31 Å². The third-order valence-corrected chi connectivity index (χ3v) is 5.98. The van der Waals surface area contributed by atoms with Crippen LogP contribution in [0.25, 0.3) is 0 Å². The zero-order valence-electron chi connectivity index (χ0n) is 15.4. The Morgan fingerprint density at radius 3 is 2.25 bits per heavy atom. The molecule has 0 bridgehead atoms. The molecule has 0 fully saturated rings. The summed E-state index contributed by atoms with van der Waals surface area (Å²) in [5.74, 6) is -0.502. The third-order valence-electron chi connectivity index (χ3n) is 3.63. The normalized spacial score (nSPS) is 11.1. The topological polar surface area (TPSA) is 108 Å². The first-order valence-electron chi connectivity index (χ1n) is 8.39. The summed E-state index contributed by atoms with van der Waals surface area (Å²) < 4.78 is 26.8. The van der Waals surface area contributed by atoms with E-state index in [4.69, 9.17) is 0 Å². The van der Waals surface area contributed by atoms with Crippen molar-refractivity contribution in [2.45, 2.75) is 11.8 Å². The van der Waals surface area contributed by atoms with Crippen LogP contribution in [0.1, 0.15) is 6.92 Å². The summed E-state index contributed by atoms with van der Waals surface area (Å²) in [6, 6.07) is 12.4.